The number of aromatic amines is 2. The molecule has 1 aliphatic rings. The van der Waals surface area contributed by atoms with Crippen LogP contribution in [0.25, 0.3) is 21.8 Å². The third-order valence-corrected chi connectivity index (χ3v) is 6.02. The number of para-hydroxylation sites is 2. The average molecular weight is 516 g/mol. The lowest BCUT2D eigenvalue weighted by Gasteiger charge is -2.33. The summed E-state index contributed by atoms with van der Waals surface area (Å²) in [6.45, 7) is -0.0642. The first-order valence-electron chi connectivity index (χ1n) is 11.4. The van der Waals surface area contributed by atoms with Crippen LogP contribution in [0.4, 0.5) is 11.4 Å². The number of hydrogen-bond donors (Lipinski definition) is 4. The predicted octanol–water partition coefficient (Wildman–Crippen LogP) is 2.65. The molecular weight excluding hydrogens is 496 g/mol. The number of piperazine rings is 1. The van der Waals surface area contributed by atoms with Crippen molar-refractivity contribution >= 4 is 56.8 Å². The summed E-state index contributed by atoms with van der Waals surface area (Å²) in [7, 11) is 0. The van der Waals surface area contributed by atoms with Crippen LogP contribution in [0.3, 0.4) is 0 Å². The number of rotatable bonds is 2. The van der Waals surface area contributed by atoms with Crippen molar-refractivity contribution in [1.29, 1.82) is 0 Å². The lowest BCUT2D eigenvalue weighted by atomic mass is 10.2. The highest BCUT2D eigenvalue weighted by Gasteiger charge is 2.30. The fourth-order valence-corrected chi connectivity index (χ4v) is 4.09. The fraction of sp³-hybridized carbons (Fsp3) is 0.167. The number of nitrogens with one attached hydrogen (secondary N) is 2. The molecule has 2 aromatic carbocycles. The van der Waals surface area contributed by atoms with Crippen molar-refractivity contribution in [3.8, 4) is 11.8 Å². The van der Waals surface area contributed by atoms with Gasteiger partial charge in [0.15, 0.2) is 11.4 Å². The van der Waals surface area contributed by atoms with E-state index in [1.54, 1.807) is 48.5 Å². The Balaban J connectivity index is 1.17. The highest BCUT2D eigenvalue weighted by atomic mass is 16.3. The SMILES string of the molecule is O=C(N=Nc1c(O)[nH]c2ccccc12)C(=O)N1CCN(C(=O)C(=O)N=Nc2c(O)[nH]c3ccccc23)CC1. The normalized spacial score (nSPS) is 14.2. The van der Waals surface area contributed by atoms with E-state index in [0.29, 0.717) is 21.8 Å². The second-order valence-electron chi connectivity index (χ2n) is 8.33. The summed E-state index contributed by atoms with van der Waals surface area (Å²) < 4.78 is 0. The number of aromatic nitrogens is 2. The van der Waals surface area contributed by atoms with Gasteiger partial charge in [0.1, 0.15) is 0 Å². The van der Waals surface area contributed by atoms with Gasteiger partial charge in [-0.3, -0.25) is 19.2 Å². The molecule has 4 N–H and O–H groups in total. The Morgan fingerprint density at radius 3 is 1.39 bits per heavy atom. The van der Waals surface area contributed by atoms with E-state index in [9.17, 15) is 29.4 Å². The molecule has 1 aliphatic heterocycles. The van der Waals surface area contributed by atoms with Gasteiger partial charge in [-0.1, -0.05) is 36.4 Å². The summed E-state index contributed by atoms with van der Waals surface area (Å²) in [6.07, 6.45) is 0. The first-order chi connectivity index (χ1) is 18.3. The molecule has 0 aliphatic carbocycles. The Bertz CT molecular complexity index is 1520. The van der Waals surface area contributed by atoms with Gasteiger partial charge in [0, 0.05) is 37.0 Å². The van der Waals surface area contributed by atoms with E-state index in [0.717, 1.165) is 0 Å². The molecule has 4 aromatic rings. The van der Waals surface area contributed by atoms with Gasteiger partial charge in [-0.05, 0) is 12.1 Å². The van der Waals surface area contributed by atoms with Gasteiger partial charge in [0.2, 0.25) is 11.8 Å². The number of amides is 4. The zero-order chi connectivity index (χ0) is 26.8. The lowest BCUT2D eigenvalue weighted by Crippen LogP contribution is -2.53. The van der Waals surface area contributed by atoms with Gasteiger partial charge in [-0.2, -0.15) is 0 Å². The number of azo groups is 2. The standard InChI is InChI=1S/C24H20N8O6/c33-19-17(13-5-1-3-7-15(13)25-19)27-29-21(35)23(37)31-9-11-32(12-10-31)24(38)22(36)30-28-18-14-6-2-4-8-16(14)26-20(18)34/h1-8,25-26,33-34H,9-12H2. The van der Waals surface area contributed by atoms with Gasteiger partial charge in [0.25, 0.3) is 0 Å². The molecule has 0 spiro atoms. The highest BCUT2D eigenvalue weighted by Crippen LogP contribution is 2.36. The Hall–Kier alpha value is -5.40. The van der Waals surface area contributed by atoms with Gasteiger partial charge >= 0.3 is 23.6 Å². The monoisotopic (exact) mass is 516 g/mol. The van der Waals surface area contributed by atoms with Crippen molar-refractivity contribution in [2.75, 3.05) is 26.2 Å². The Labute approximate surface area is 213 Å². The third kappa shape index (κ3) is 4.57. The second kappa shape index (κ2) is 9.93. The zero-order valence-corrected chi connectivity index (χ0v) is 19.7. The zero-order valence-electron chi connectivity index (χ0n) is 19.7. The molecule has 5 rings (SSSR count). The van der Waals surface area contributed by atoms with E-state index < -0.39 is 23.6 Å². The summed E-state index contributed by atoms with van der Waals surface area (Å²) >= 11 is 0. The second-order valence-corrected chi connectivity index (χ2v) is 8.33. The molecule has 0 bridgehead atoms. The quantitative estimate of drug-likeness (QED) is 0.233. The van der Waals surface area contributed by atoms with E-state index in [2.05, 4.69) is 30.4 Å². The van der Waals surface area contributed by atoms with Crippen LogP contribution in [0.5, 0.6) is 11.8 Å². The number of nitrogens with zero attached hydrogens (tertiary/aromatic N) is 6. The van der Waals surface area contributed by atoms with Crippen molar-refractivity contribution in [2.24, 2.45) is 20.5 Å². The van der Waals surface area contributed by atoms with E-state index in [1.165, 1.54) is 9.80 Å². The number of benzene rings is 2. The van der Waals surface area contributed by atoms with Crippen molar-refractivity contribution < 1.29 is 29.4 Å². The van der Waals surface area contributed by atoms with Crippen molar-refractivity contribution in [2.45, 2.75) is 0 Å². The summed E-state index contributed by atoms with van der Waals surface area (Å²) in [4.78, 5) is 57.4. The van der Waals surface area contributed by atoms with Crippen LogP contribution in [-0.4, -0.2) is 79.8 Å². The number of H-pyrrole nitrogens is 2. The van der Waals surface area contributed by atoms with Crippen LogP contribution < -0.4 is 0 Å². The summed E-state index contributed by atoms with van der Waals surface area (Å²) in [5.41, 5.74) is 1.24. The number of carbonyl (C=O) groups excluding carboxylic acids is 4. The van der Waals surface area contributed by atoms with Crippen LogP contribution in [0.1, 0.15) is 0 Å². The van der Waals surface area contributed by atoms with Crippen LogP contribution in [0.15, 0.2) is 69.0 Å². The molecule has 14 heteroatoms. The number of fused-ring (bicyclic) bond motifs is 2. The van der Waals surface area contributed by atoms with Crippen molar-refractivity contribution in [3.63, 3.8) is 0 Å². The molecule has 14 nitrogen and oxygen atoms in total. The molecule has 4 amide bonds. The molecule has 38 heavy (non-hydrogen) atoms. The predicted molar refractivity (Wildman–Crippen MR) is 132 cm³/mol. The molecule has 0 unspecified atom stereocenters. The smallest absolute Gasteiger partial charge is 0.353 e. The van der Waals surface area contributed by atoms with Crippen LogP contribution >= 0.6 is 0 Å². The maximum Gasteiger partial charge on any atom is 0.353 e. The molecule has 192 valence electrons. The van der Waals surface area contributed by atoms with E-state index in [4.69, 9.17) is 0 Å². The third-order valence-electron chi connectivity index (χ3n) is 6.02. The molecule has 2 aromatic heterocycles. The maximum atomic E-state index is 12.5. The molecule has 3 heterocycles. The first-order valence-corrected chi connectivity index (χ1v) is 11.4. The van der Waals surface area contributed by atoms with Crippen molar-refractivity contribution in [1.82, 2.24) is 19.8 Å². The molecule has 1 fully saturated rings. The minimum Gasteiger partial charge on any atom is -0.493 e. The average Bonchev–Trinajstić information content (AvgIpc) is 3.43. The van der Waals surface area contributed by atoms with Gasteiger partial charge in [-0.15, -0.1) is 20.5 Å². The minimum atomic E-state index is -1.14. The van der Waals surface area contributed by atoms with Crippen LogP contribution in [-0.2, 0) is 19.2 Å². The minimum absolute atomic E-state index is 0.0160. The molecular formula is C24H20N8O6. The summed E-state index contributed by atoms with van der Waals surface area (Å²) in [5.74, 6) is -4.72. The molecule has 0 saturated carbocycles. The lowest BCUT2D eigenvalue weighted by molar-refractivity contribution is -0.149. The first kappa shape index (κ1) is 24.3. The fourth-order valence-electron chi connectivity index (χ4n) is 4.09. The Morgan fingerprint density at radius 1 is 0.632 bits per heavy atom. The molecule has 0 atom stereocenters. The van der Waals surface area contributed by atoms with Crippen LogP contribution in [0.2, 0.25) is 0 Å². The molecule has 1 saturated heterocycles. The van der Waals surface area contributed by atoms with Gasteiger partial charge in [0.05, 0.1) is 11.0 Å². The largest absolute Gasteiger partial charge is 0.493 e. The van der Waals surface area contributed by atoms with E-state index in [1.807, 2.05) is 0 Å². The van der Waals surface area contributed by atoms with Gasteiger partial charge in [-0.25, -0.2) is 0 Å². The van der Waals surface area contributed by atoms with Crippen molar-refractivity contribution in [3.05, 3.63) is 48.5 Å². The summed E-state index contributed by atoms with van der Waals surface area (Å²) in [5, 5.41) is 35.4. The molecule has 0 radical (unpaired) electrons. The number of aromatic hydroxyl groups is 2. The highest BCUT2D eigenvalue weighted by molar-refractivity contribution is 6.36. The number of carbonyl (C=O) groups is 4. The van der Waals surface area contributed by atoms with E-state index in [-0.39, 0.29) is 49.3 Å². The Kier molecular flexibility index (Phi) is 6.35. The Morgan fingerprint density at radius 2 is 1.00 bits per heavy atom. The topological polar surface area (TPSA) is 196 Å². The summed E-state index contributed by atoms with van der Waals surface area (Å²) in [6, 6.07) is 13.7. The van der Waals surface area contributed by atoms with E-state index >= 15 is 0 Å². The maximum absolute atomic E-state index is 12.5. The van der Waals surface area contributed by atoms with Crippen LogP contribution in [0, 0.1) is 0 Å². The van der Waals surface area contributed by atoms with Gasteiger partial charge < -0.3 is 30.0 Å². The number of hydrogen-bond acceptors (Lipinski definition) is 8.